The number of benzene rings is 2. The van der Waals surface area contributed by atoms with Gasteiger partial charge in [0.05, 0.1) is 15.9 Å². The Kier molecular flexibility index (Phi) is 7.45. The number of rotatable bonds is 8. The number of carbonyl (C=O) groups is 3. The van der Waals surface area contributed by atoms with Crippen LogP contribution in [0.5, 0.6) is 0 Å². The number of carboxylic acid groups (broad SMARTS) is 1. The first kappa shape index (κ1) is 27.0. The molecule has 8 nitrogen and oxygen atoms in total. The van der Waals surface area contributed by atoms with Gasteiger partial charge in [-0.25, -0.2) is 9.78 Å². The van der Waals surface area contributed by atoms with E-state index in [-0.39, 0.29) is 11.8 Å². The maximum absolute atomic E-state index is 13.6. The summed E-state index contributed by atoms with van der Waals surface area (Å²) in [5, 5.41) is 16.9. The normalized spacial score (nSPS) is 16.9. The van der Waals surface area contributed by atoms with Crippen LogP contribution in [-0.2, 0) is 9.59 Å². The van der Waals surface area contributed by atoms with E-state index in [0.29, 0.717) is 35.7 Å². The molecule has 0 aliphatic heterocycles. The van der Waals surface area contributed by atoms with E-state index in [4.69, 9.17) is 10.1 Å². The number of imidazole rings is 1. The van der Waals surface area contributed by atoms with E-state index in [1.54, 1.807) is 35.6 Å². The standard InChI is InChI=1S/C32H32N4O4S/c37-28(38)16-11-21-9-13-23(14-10-21)33-31(40)32(17-3-4-18-32)35-30(39)22-12-15-26-25(20-22)34-29(27-8-5-19-41-27)36(26)24-6-1-2-7-24/h5,8-16,19-20,24H,1-4,6-7,17-18H2,(H,33,40)(H,35,39)(H,37,38)/b16-11+. The zero-order valence-electron chi connectivity index (χ0n) is 22.6. The first-order valence-electron chi connectivity index (χ1n) is 14.1. The number of hydrogen-bond acceptors (Lipinski definition) is 5. The lowest BCUT2D eigenvalue weighted by Gasteiger charge is -2.29. The summed E-state index contributed by atoms with van der Waals surface area (Å²) < 4.78 is 2.35. The average Bonchev–Trinajstić information content (AvgIpc) is 3.78. The molecule has 2 fully saturated rings. The van der Waals surface area contributed by atoms with Crippen molar-refractivity contribution in [1.82, 2.24) is 14.9 Å². The van der Waals surface area contributed by atoms with Gasteiger partial charge in [-0.1, -0.05) is 43.9 Å². The molecule has 9 heteroatoms. The van der Waals surface area contributed by atoms with Gasteiger partial charge in [-0.3, -0.25) is 9.59 Å². The molecule has 6 rings (SSSR count). The third-order valence-corrected chi connectivity index (χ3v) is 9.08. The summed E-state index contributed by atoms with van der Waals surface area (Å²) in [7, 11) is 0. The predicted octanol–water partition coefficient (Wildman–Crippen LogP) is 6.66. The lowest BCUT2D eigenvalue weighted by molar-refractivity contribution is -0.131. The largest absolute Gasteiger partial charge is 0.478 e. The SMILES string of the molecule is O=C(O)/C=C/c1ccc(NC(=O)C2(NC(=O)c3ccc4c(c3)nc(-c3cccs3)n4C3CCCC3)CCCC2)cc1. The van der Waals surface area contributed by atoms with Crippen molar-refractivity contribution < 1.29 is 19.5 Å². The predicted molar refractivity (Wildman–Crippen MR) is 161 cm³/mol. The van der Waals surface area contributed by atoms with Crippen LogP contribution in [-0.4, -0.2) is 38.0 Å². The minimum Gasteiger partial charge on any atom is -0.478 e. The molecule has 0 atom stereocenters. The van der Waals surface area contributed by atoms with E-state index in [1.165, 1.54) is 18.9 Å². The van der Waals surface area contributed by atoms with Crippen LogP contribution in [0.25, 0.3) is 27.8 Å². The fraction of sp³-hybridized carbons (Fsp3) is 0.312. The van der Waals surface area contributed by atoms with E-state index in [0.717, 1.165) is 53.5 Å². The third-order valence-electron chi connectivity index (χ3n) is 8.21. The van der Waals surface area contributed by atoms with E-state index in [1.807, 2.05) is 24.3 Å². The number of nitrogens with one attached hydrogen (secondary N) is 2. The van der Waals surface area contributed by atoms with Crippen LogP contribution < -0.4 is 10.6 Å². The van der Waals surface area contributed by atoms with Crippen molar-refractivity contribution >= 4 is 51.9 Å². The summed E-state index contributed by atoms with van der Waals surface area (Å²) >= 11 is 1.67. The van der Waals surface area contributed by atoms with Gasteiger partial charge in [-0.05, 0) is 79.1 Å². The highest BCUT2D eigenvalue weighted by atomic mass is 32.1. The van der Waals surface area contributed by atoms with Crippen LogP contribution in [0.2, 0.25) is 0 Å². The Bertz CT molecular complexity index is 1610. The highest BCUT2D eigenvalue weighted by molar-refractivity contribution is 7.13. The maximum atomic E-state index is 13.6. The summed E-state index contributed by atoms with van der Waals surface area (Å²) in [6.07, 6.45) is 10.1. The number of aliphatic carboxylic acids is 1. The molecule has 210 valence electrons. The number of anilines is 1. The summed E-state index contributed by atoms with van der Waals surface area (Å²) in [6.45, 7) is 0. The highest BCUT2D eigenvalue weighted by Crippen LogP contribution is 2.38. The number of thiophene rings is 1. The lowest BCUT2D eigenvalue weighted by atomic mass is 9.95. The molecule has 0 spiro atoms. The zero-order valence-corrected chi connectivity index (χ0v) is 23.5. The molecular formula is C32H32N4O4S. The quantitative estimate of drug-likeness (QED) is 0.206. The van der Waals surface area contributed by atoms with Gasteiger partial charge in [0.15, 0.2) is 5.82 Å². The third kappa shape index (κ3) is 5.54. The molecular weight excluding hydrogens is 536 g/mol. The monoisotopic (exact) mass is 568 g/mol. The van der Waals surface area contributed by atoms with Gasteiger partial charge in [-0.15, -0.1) is 11.3 Å². The molecule has 0 saturated heterocycles. The van der Waals surface area contributed by atoms with Crippen LogP contribution in [0.15, 0.2) is 66.1 Å². The van der Waals surface area contributed by atoms with Crippen LogP contribution in [0.3, 0.4) is 0 Å². The van der Waals surface area contributed by atoms with Crippen molar-refractivity contribution in [2.75, 3.05) is 5.32 Å². The number of nitrogens with zero attached hydrogens (tertiary/aromatic N) is 2. The van der Waals surface area contributed by atoms with Gasteiger partial charge in [0.25, 0.3) is 5.91 Å². The molecule has 0 radical (unpaired) electrons. The molecule has 2 aromatic heterocycles. The van der Waals surface area contributed by atoms with Gasteiger partial charge < -0.3 is 20.3 Å². The molecule has 2 aliphatic rings. The number of amides is 2. The summed E-state index contributed by atoms with van der Waals surface area (Å²) in [5.41, 5.74) is 2.60. The topological polar surface area (TPSA) is 113 Å². The number of aromatic nitrogens is 2. The molecule has 2 aliphatic carbocycles. The molecule has 0 bridgehead atoms. The Morgan fingerprint density at radius 2 is 1.76 bits per heavy atom. The highest BCUT2D eigenvalue weighted by Gasteiger charge is 2.42. The van der Waals surface area contributed by atoms with Crippen molar-refractivity contribution in [3.8, 4) is 10.7 Å². The Morgan fingerprint density at radius 1 is 1.00 bits per heavy atom. The molecule has 2 amide bonds. The summed E-state index contributed by atoms with van der Waals surface area (Å²) in [4.78, 5) is 44.0. The van der Waals surface area contributed by atoms with Crippen molar-refractivity contribution in [2.24, 2.45) is 0 Å². The number of carbonyl (C=O) groups excluding carboxylic acids is 2. The van der Waals surface area contributed by atoms with Gasteiger partial charge in [0, 0.05) is 23.4 Å². The lowest BCUT2D eigenvalue weighted by Crippen LogP contribution is -2.55. The molecule has 4 aromatic rings. The van der Waals surface area contributed by atoms with Crippen LogP contribution in [0, 0.1) is 0 Å². The van der Waals surface area contributed by atoms with Gasteiger partial charge >= 0.3 is 5.97 Å². The van der Waals surface area contributed by atoms with Crippen molar-refractivity contribution in [3.63, 3.8) is 0 Å². The average molecular weight is 569 g/mol. The zero-order chi connectivity index (χ0) is 28.4. The minimum absolute atomic E-state index is 0.247. The first-order valence-corrected chi connectivity index (χ1v) is 15.0. The molecule has 41 heavy (non-hydrogen) atoms. The minimum atomic E-state index is -1.02. The summed E-state index contributed by atoms with van der Waals surface area (Å²) in [5.74, 6) is -0.601. The van der Waals surface area contributed by atoms with Crippen molar-refractivity contribution in [3.05, 3.63) is 77.2 Å². The number of carboxylic acids is 1. The van der Waals surface area contributed by atoms with E-state index < -0.39 is 11.5 Å². The molecule has 2 aromatic carbocycles. The Hall–Kier alpha value is -4.24. The molecule has 3 N–H and O–H groups in total. The Labute approximate surface area is 242 Å². The van der Waals surface area contributed by atoms with Crippen molar-refractivity contribution in [2.45, 2.75) is 62.9 Å². The second kappa shape index (κ2) is 11.3. The maximum Gasteiger partial charge on any atom is 0.328 e. The van der Waals surface area contributed by atoms with E-state index in [2.05, 4.69) is 26.6 Å². The smallest absolute Gasteiger partial charge is 0.328 e. The molecule has 0 unspecified atom stereocenters. The fourth-order valence-electron chi connectivity index (χ4n) is 6.12. The second-order valence-electron chi connectivity index (χ2n) is 10.9. The van der Waals surface area contributed by atoms with Crippen LogP contribution in [0.1, 0.15) is 73.3 Å². The van der Waals surface area contributed by atoms with Crippen LogP contribution in [0.4, 0.5) is 5.69 Å². The van der Waals surface area contributed by atoms with E-state index in [9.17, 15) is 14.4 Å². The fourth-order valence-corrected chi connectivity index (χ4v) is 6.83. The first-order chi connectivity index (χ1) is 19.9. The van der Waals surface area contributed by atoms with E-state index >= 15 is 0 Å². The van der Waals surface area contributed by atoms with Gasteiger partial charge in [-0.2, -0.15) is 0 Å². The molecule has 2 heterocycles. The van der Waals surface area contributed by atoms with Crippen molar-refractivity contribution in [1.29, 1.82) is 0 Å². The number of hydrogen-bond donors (Lipinski definition) is 3. The van der Waals surface area contributed by atoms with Crippen LogP contribution >= 0.6 is 11.3 Å². The van der Waals surface area contributed by atoms with Gasteiger partial charge in [0.1, 0.15) is 5.54 Å². The Morgan fingerprint density at radius 3 is 2.44 bits per heavy atom. The second-order valence-corrected chi connectivity index (χ2v) is 11.9. The Balaban J connectivity index is 1.23. The summed E-state index contributed by atoms with van der Waals surface area (Å²) in [6, 6.07) is 17.1. The molecule has 2 saturated carbocycles. The number of fused-ring (bicyclic) bond motifs is 1. The van der Waals surface area contributed by atoms with Gasteiger partial charge in [0.2, 0.25) is 5.91 Å².